The fourth-order valence-electron chi connectivity index (χ4n) is 8.50. The van der Waals surface area contributed by atoms with Gasteiger partial charge in [-0.3, -0.25) is 9.48 Å². The summed E-state index contributed by atoms with van der Waals surface area (Å²) in [6.07, 6.45) is 0.979. The molecule has 14 heteroatoms. The zero-order chi connectivity index (χ0) is 39.5. The van der Waals surface area contributed by atoms with Crippen molar-refractivity contribution in [1.29, 1.82) is 0 Å². The second-order valence-electron chi connectivity index (χ2n) is 14.7. The third-order valence-corrected chi connectivity index (χ3v) is 17.4. The lowest BCUT2D eigenvalue weighted by Crippen LogP contribution is -2.54. The third-order valence-electron chi connectivity index (χ3n) is 10.9. The van der Waals surface area contributed by atoms with Crippen molar-refractivity contribution in [2.75, 3.05) is 20.8 Å². The molecule has 6 rings (SSSR count). The molecule has 2 aromatic heterocycles. The van der Waals surface area contributed by atoms with Gasteiger partial charge in [-0.25, -0.2) is 9.50 Å². The average molecular weight is 789 g/mol. The van der Waals surface area contributed by atoms with Gasteiger partial charge in [0.05, 0.1) is 20.8 Å². The Morgan fingerprint density at radius 1 is 0.800 bits per heavy atom. The number of hydrogen-bond donors (Lipinski definition) is 1. The molecule has 1 unspecified atom stereocenters. The van der Waals surface area contributed by atoms with E-state index in [1.54, 1.807) is 35.8 Å². The van der Waals surface area contributed by atoms with Crippen molar-refractivity contribution >= 4 is 22.2 Å². The first-order valence-corrected chi connectivity index (χ1v) is 21.8. The Morgan fingerprint density at radius 3 is 1.85 bits per heavy atom. The summed E-state index contributed by atoms with van der Waals surface area (Å²) in [7, 11) is -2.55. The average Bonchev–Trinajstić information content (AvgIpc) is 3.80. The van der Waals surface area contributed by atoms with Gasteiger partial charge in [0.25, 0.3) is 0 Å². The van der Waals surface area contributed by atoms with E-state index in [0.29, 0.717) is 11.5 Å². The molecule has 5 aromatic rings. The largest absolute Gasteiger partial charge is 0.695 e. The van der Waals surface area contributed by atoms with Gasteiger partial charge in [-0.2, -0.15) is 0 Å². The lowest BCUT2D eigenvalue weighted by atomic mass is 9.80. The van der Waals surface area contributed by atoms with Crippen LogP contribution in [0.1, 0.15) is 64.5 Å². The summed E-state index contributed by atoms with van der Waals surface area (Å²) in [4.78, 5) is 27.4. The number of aromatic nitrogens is 3. The summed E-state index contributed by atoms with van der Waals surface area (Å²) >= 11 is 0. The molecule has 1 saturated heterocycles. The van der Waals surface area contributed by atoms with E-state index in [0.717, 1.165) is 16.7 Å². The van der Waals surface area contributed by atoms with E-state index in [1.165, 1.54) is 12.3 Å². The number of ether oxygens (including phenoxy) is 4. The van der Waals surface area contributed by atoms with E-state index in [9.17, 15) is 14.3 Å². The van der Waals surface area contributed by atoms with Crippen molar-refractivity contribution < 1.29 is 37.4 Å². The highest BCUT2D eigenvalue weighted by molar-refractivity contribution is 7.32. The SMILES string of the molecule is COc1ccc(C(OC[C@H]2O[C@@H](n3ccc(=O)c4nccn43)[C@H](O[P+](=O)O)[C@@H]2O[Si](C(C)C)(C(C)C)C(C)C)(c2ccccc2)c2ccc(OC)cc2)cc1. The zero-order valence-electron chi connectivity index (χ0n) is 32.6. The number of rotatable bonds is 16. The maximum atomic E-state index is 12.8. The second-order valence-corrected chi connectivity index (χ2v) is 20.8. The van der Waals surface area contributed by atoms with Crippen molar-refractivity contribution in [3.63, 3.8) is 0 Å². The topological polar surface area (TPSA) is 132 Å². The molecule has 0 saturated carbocycles. The summed E-state index contributed by atoms with van der Waals surface area (Å²) in [5.74, 6) is 1.39. The highest BCUT2D eigenvalue weighted by atomic mass is 31.1. The Kier molecular flexibility index (Phi) is 12.4. The van der Waals surface area contributed by atoms with Crippen molar-refractivity contribution in [3.8, 4) is 11.5 Å². The van der Waals surface area contributed by atoms with E-state index < -0.39 is 46.7 Å². The first-order valence-electron chi connectivity index (χ1n) is 18.6. The molecule has 1 N–H and O–H groups in total. The molecule has 292 valence electrons. The molecule has 1 aliphatic rings. The van der Waals surface area contributed by atoms with Gasteiger partial charge in [0.1, 0.15) is 29.3 Å². The molecule has 1 fully saturated rings. The smallest absolute Gasteiger partial charge is 0.497 e. The molecule has 0 spiro atoms. The van der Waals surface area contributed by atoms with E-state index in [-0.39, 0.29) is 34.3 Å². The highest BCUT2D eigenvalue weighted by Crippen LogP contribution is 2.49. The molecule has 3 heterocycles. The molecule has 12 nitrogen and oxygen atoms in total. The van der Waals surface area contributed by atoms with Crippen molar-refractivity contribution in [2.24, 2.45) is 0 Å². The summed E-state index contributed by atoms with van der Waals surface area (Å²) in [6, 6.07) is 26.9. The first kappa shape index (κ1) is 40.5. The summed E-state index contributed by atoms with van der Waals surface area (Å²) in [6.45, 7) is 13.0. The fraction of sp³-hybridized carbons (Fsp3) is 0.415. The lowest BCUT2D eigenvalue weighted by Gasteiger charge is -2.45. The van der Waals surface area contributed by atoms with Gasteiger partial charge < -0.3 is 23.4 Å². The molecule has 55 heavy (non-hydrogen) atoms. The lowest BCUT2D eigenvalue weighted by molar-refractivity contribution is -0.0971. The molecule has 0 bridgehead atoms. The molecule has 0 aliphatic carbocycles. The van der Waals surface area contributed by atoms with E-state index >= 15 is 0 Å². The molecule has 1 aliphatic heterocycles. The molecule has 3 aromatic carbocycles. The highest BCUT2D eigenvalue weighted by Gasteiger charge is 2.57. The predicted molar refractivity (Wildman–Crippen MR) is 212 cm³/mol. The number of fused-ring (bicyclic) bond motifs is 1. The molecule has 5 atom stereocenters. The molecular weight excluding hydrogens is 738 g/mol. The van der Waals surface area contributed by atoms with Crippen LogP contribution in [0.25, 0.3) is 5.65 Å². The van der Waals surface area contributed by atoms with Crippen molar-refractivity contribution in [1.82, 2.24) is 14.2 Å². The van der Waals surface area contributed by atoms with Gasteiger partial charge >= 0.3 is 8.25 Å². The Bertz CT molecular complexity index is 2040. The summed E-state index contributed by atoms with van der Waals surface area (Å²) < 4.78 is 54.6. The van der Waals surface area contributed by atoms with Gasteiger partial charge in [-0.05, 0) is 57.6 Å². The minimum absolute atomic E-state index is 0.0256. The van der Waals surface area contributed by atoms with Crippen LogP contribution >= 0.6 is 8.25 Å². The minimum Gasteiger partial charge on any atom is -0.497 e. The quantitative estimate of drug-likeness (QED) is 0.0596. The van der Waals surface area contributed by atoms with Gasteiger partial charge in [-0.15, -0.1) is 9.42 Å². The van der Waals surface area contributed by atoms with Crippen LogP contribution < -0.4 is 14.9 Å². The maximum Gasteiger partial charge on any atom is 0.695 e. The second kappa shape index (κ2) is 16.9. The Hall–Kier alpha value is -4.20. The monoisotopic (exact) mass is 788 g/mol. The van der Waals surface area contributed by atoms with Gasteiger partial charge in [0.2, 0.25) is 13.7 Å². The Balaban J connectivity index is 1.54. The zero-order valence-corrected chi connectivity index (χ0v) is 34.5. The maximum absolute atomic E-state index is 12.8. The van der Waals surface area contributed by atoms with Crippen LogP contribution in [0.4, 0.5) is 0 Å². The van der Waals surface area contributed by atoms with E-state index in [1.807, 2.05) is 78.9 Å². The summed E-state index contributed by atoms with van der Waals surface area (Å²) in [5, 5.41) is 0. The number of nitrogens with zero attached hydrogens (tertiary/aromatic N) is 3. The van der Waals surface area contributed by atoms with Crippen LogP contribution in [0.2, 0.25) is 16.6 Å². The Morgan fingerprint density at radius 2 is 1.35 bits per heavy atom. The van der Waals surface area contributed by atoms with Crippen LogP contribution in [-0.4, -0.2) is 66.5 Å². The van der Waals surface area contributed by atoms with Crippen molar-refractivity contribution in [2.45, 2.75) is 88.3 Å². The minimum atomic E-state index is -3.11. The van der Waals surface area contributed by atoms with Crippen LogP contribution in [0, 0.1) is 0 Å². The number of benzene rings is 3. The van der Waals surface area contributed by atoms with Crippen molar-refractivity contribution in [3.05, 3.63) is 130 Å². The van der Waals surface area contributed by atoms with Gasteiger partial charge in [0.15, 0.2) is 18.0 Å². The van der Waals surface area contributed by atoms with Crippen LogP contribution in [0.15, 0.2) is 108 Å². The standard InChI is InChI=1S/C41H50N3O9PSi/c1-27(2)55(28(3)4,29(5)6)53-37-36(51-40(38(37)52-54(46)47)44-24-22-35(45)39-42-23-25-43(39)44)26-50-41(30-12-10-9-11-13-30,31-14-18-33(48-7)19-15-31)32-16-20-34(49-8)21-17-32/h9-25,27-29,36-38,40H,26H2,1-8H3/p+1/t36-,37-,38-,40-/m1/s1. The normalized spacial score (nSPS) is 19.5. The number of methoxy groups -OCH3 is 2. The Labute approximate surface area is 324 Å². The molecule has 0 amide bonds. The predicted octanol–water partition coefficient (Wildman–Crippen LogP) is 8.01. The van der Waals surface area contributed by atoms with E-state index in [4.69, 9.17) is 27.9 Å². The van der Waals surface area contributed by atoms with Crippen LogP contribution in [-0.2, 0) is 28.6 Å². The summed E-state index contributed by atoms with van der Waals surface area (Å²) in [5.41, 5.74) is 1.76. The van der Waals surface area contributed by atoms with E-state index in [2.05, 4.69) is 46.5 Å². The molecular formula is C41H51N3O9PSi+. The third kappa shape index (κ3) is 7.67. The van der Waals surface area contributed by atoms with Gasteiger partial charge in [0, 0.05) is 29.2 Å². The number of imidazole rings is 1. The molecule has 0 radical (unpaired) electrons. The first-order chi connectivity index (χ1) is 26.4. The number of hydrogen-bond acceptors (Lipinski definition) is 9. The van der Waals surface area contributed by atoms with Crippen LogP contribution in [0.3, 0.4) is 0 Å². The fourth-order valence-corrected chi connectivity index (χ4v) is 14.5. The van der Waals surface area contributed by atoms with Gasteiger partial charge in [-0.1, -0.05) is 96.1 Å². The van der Waals surface area contributed by atoms with Crippen LogP contribution in [0.5, 0.6) is 11.5 Å².